The maximum atomic E-state index is 12.3. The third kappa shape index (κ3) is 1.61. The summed E-state index contributed by atoms with van der Waals surface area (Å²) >= 11 is 1.80. The molecule has 9 heavy (non-hydrogen) atoms. The van der Waals surface area contributed by atoms with Gasteiger partial charge in [0.2, 0.25) is 0 Å². The minimum absolute atomic E-state index is 0.439. The lowest BCUT2D eigenvalue weighted by Crippen LogP contribution is -3.34. The van der Waals surface area contributed by atoms with Crippen LogP contribution in [0.15, 0.2) is 18.2 Å². The van der Waals surface area contributed by atoms with Crippen molar-refractivity contribution in [3.8, 4) is 0 Å². The van der Waals surface area contributed by atoms with Gasteiger partial charge >= 0.3 is 0 Å². The number of rotatable bonds is 0. The van der Waals surface area contributed by atoms with Crippen LogP contribution in [-0.2, 0) is 0 Å². The average molecular weight is 240 g/mol. The number of benzene rings is 1. The molecule has 0 heterocycles. The Morgan fingerprint density at radius 1 is 1.22 bits per heavy atom. The molecule has 1 aromatic rings. The van der Waals surface area contributed by atoms with Crippen molar-refractivity contribution in [2.24, 2.45) is 0 Å². The van der Waals surface area contributed by atoms with Gasteiger partial charge in [-0.3, -0.25) is 0 Å². The molecular formula is C6H3F2I-. The third-order valence-electron chi connectivity index (χ3n) is 0.882. The van der Waals surface area contributed by atoms with Crippen molar-refractivity contribution in [2.75, 3.05) is 0 Å². The largest absolute Gasteiger partial charge is 0.755 e. The minimum atomic E-state index is -0.534. The second-order valence-corrected chi connectivity index (χ2v) is 2.72. The second kappa shape index (κ2) is 2.60. The van der Waals surface area contributed by atoms with Crippen LogP contribution < -0.4 is 22.6 Å². The highest BCUT2D eigenvalue weighted by Gasteiger charge is 1.90. The monoisotopic (exact) mass is 240 g/mol. The number of hydrogen-bond donors (Lipinski definition) is 0. The highest BCUT2D eigenvalue weighted by Crippen LogP contribution is 1.99. The summed E-state index contributed by atoms with van der Waals surface area (Å²) in [6, 6.07) is 3.48. The maximum Gasteiger partial charge on any atom is 0.125 e. The van der Waals surface area contributed by atoms with Gasteiger partial charge < -0.3 is 22.6 Å². The summed E-state index contributed by atoms with van der Waals surface area (Å²) in [5.41, 5.74) is 0. The molecular weight excluding hydrogens is 237 g/mol. The van der Waals surface area contributed by atoms with Gasteiger partial charge in [0.25, 0.3) is 0 Å². The first kappa shape index (κ1) is 6.92. The van der Waals surface area contributed by atoms with E-state index in [1.54, 1.807) is 22.6 Å². The Morgan fingerprint density at radius 3 is 2.33 bits per heavy atom. The molecule has 3 heteroatoms. The molecule has 1 aromatic carbocycles. The summed E-state index contributed by atoms with van der Waals surface area (Å²) < 4.78 is 24.9. The molecule has 0 spiro atoms. The molecule has 0 amide bonds. The summed E-state index contributed by atoms with van der Waals surface area (Å²) in [6.45, 7) is 0. The normalized spacial score (nSPS) is 9.67. The molecule has 1 radical (unpaired) electrons. The smallest absolute Gasteiger partial charge is 0.125 e. The molecule has 0 aromatic heterocycles. The van der Waals surface area contributed by atoms with Crippen molar-refractivity contribution in [3.63, 3.8) is 0 Å². The van der Waals surface area contributed by atoms with Crippen LogP contribution in [0.5, 0.6) is 0 Å². The van der Waals surface area contributed by atoms with E-state index >= 15 is 0 Å². The van der Waals surface area contributed by atoms with Gasteiger partial charge in [-0.25, -0.2) is 8.78 Å². The lowest BCUT2D eigenvalue weighted by molar-refractivity contribution is -0.333. The Kier molecular flexibility index (Phi) is 2.00. The van der Waals surface area contributed by atoms with E-state index in [4.69, 9.17) is 0 Å². The summed E-state index contributed by atoms with van der Waals surface area (Å²) in [7, 11) is 0. The van der Waals surface area contributed by atoms with Gasteiger partial charge in [-0.2, -0.15) is 3.57 Å². The summed E-state index contributed by atoms with van der Waals surface area (Å²) in [4.78, 5) is 0. The summed E-state index contributed by atoms with van der Waals surface area (Å²) in [5.74, 6) is -1.04. The third-order valence-corrected chi connectivity index (χ3v) is 1.76. The zero-order valence-corrected chi connectivity index (χ0v) is 6.52. The fourth-order valence-corrected chi connectivity index (χ4v) is 0.806. The van der Waals surface area contributed by atoms with Gasteiger partial charge in [0.1, 0.15) is 11.6 Å². The predicted molar refractivity (Wildman–Crippen MR) is 25.1 cm³/mol. The Labute approximate surface area is 65.0 Å². The van der Waals surface area contributed by atoms with Crippen LogP contribution in [0, 0.1) is 15.2 Å². The van der Waals surface area contributed by atoms with Gasteiger partial charge in [-0.15, -0.1) is 0 Å². The average Bonchev–Trinajstić information content (AvgIpc) is 1.80. The van der Waals surface area contributed by atoms with Crippen LogP contribution in [0.3, 0.4) is 0 Å². The maximum absolute atomic E-state index is 12.3. The van der Waals surface area contributed by atoms with E-state index in [0.29, 0.717) is 3.57 Å². The van der Waals surface area contributed by atoms with Crippen LogP contribution in [0.4, 0.5) is 8.78 Å². The lowest BCUT2D eigenvalue weighted by Gasteiger charge is -2.04. The highest BCUT2D eigenvalue weighted by molar-refractivity contribution is 5.04. The van der Waals surface area contributed by atoms with Crippen LogP contribution in [0.1, 0.15) is 0 Å². The van der Waals surface area contributed by atoms with E-state index in [1.165, 1.54) is 12.1 Å². The first-order valence-corrected chi connectivity index (χ1v) is 3.38. The fourth-order valence-electron chi connectivity index (χ4n) is 0.470. The Hall–Kier alpha value is -0.190. The van der Waals surface area contributed by atoms with Gasteiger partial charge in [0.15, 0.2) is 0 Å². The van der Waals surface area contributed by atoms with E-state index in [9.17, 15) is 8.78 Å². The molecule has 0 unspecified atom stereocenters. The first-order chi connectivity index (χ1) is 4.20. The molecule has 0 aliphatic rings. The highest BCUT2D eigenvalue weighted by atomic mass is 127. The standard InChI is InChI=1S/C6H3F2I/c7-4-1-2-6(9)5(8)3-4/h1-3H/q-1. The molecule has 0 bridgehead atoms. The summed E-state index contributed by atoms with van der Waals surface area (Å²) in [5, 5.41) is 0. The molecule has 0 saturated heterocycles. The second-order valence-electron chi connectivity index (χ2n) is 1.56. The van der Waals surface area contributed by atoms with E-state index < -0.39 is 11.6 Å². The van der Waals surface area contributed by atoms with Crippen molar-refractivity contribution >= 4 is 0 Å². The van der Waals surface area contributed by atoms with Crippen LogP contribution in [0.25, 0.3) is 0 Å². The Morgan fingerprint density at radius 2 is 1.89 bits per heavy atom. The molecule has 0 aliphatic heterocycles. The van der Waals surface area contributed by atoms with Gasteiger partial charge in [-0.1, -0.05) is 6.07 Å². The molecule has 0 nitrogen and oxygen atoms in total. The lowest BCUT2D eigenvalue weighted by atomic mass is 10.3. The molecule has 49 valence electrons. The summed E-state index contributed by atoms with van der Waals surface area (Å²) in [6.07, 6.45) is 0. The molecule has 0 N–H and O–H groups in total. The van der Waals surface area contributed by atoms with E-state index in [2.05, 4.69) is 0 Å². The minimum Gasteiger partial charge on any atom is -0.755 e. The van der Waals surface area contributed by atoms with Crippen molar-refractivity contribution < 1.29 is 31.4 Å². The zero-order chi connectivity index (χ0) is 6.85. The van der Waals surface area contributed by atoms with Crippen molar-refractivity contribution in [3.05, 3.63) is 33.4 Å². The number of halogens is 3. The zero-order valence-electron chi connectivity index (χ0n) is 4.37. The number of hydrogen-bond acceptors (Lipinski definition) is 0. The van der Waals surface area contributed by atoms with Crippen molar-refractivity contribution in [2.45, 2.75) is 0 Å². The van der Waals surface area contributed by atoms with Crippen LogP contribution in [-0.4, -0.2) is 0 Å². The topological polar surface area (TPSA) is 0 Å². The first-order valence-electron chi connectivity index (χ1n) is 2.30. The van der Waals surface area contributed by atoms with E-state index in [0.717, 1.165) is 6.07 Å². The van der Waals surface area contributed by atoms with Gasteiger partial charge in [0, 0.05) is 6.07 Å². The molecule has 0 aliphatic carbocycles. The molecule has 0 atom stereocenters. The fraction of sp³-hybridized carbons (Fsp3) is 0. The SMILES string of the molecule is Fc1ccc([I-])c(F)c1. The van der Waals surface area contributed by atoms with Crippen molar-refractivity contribution in [1.82, 2.24) is 0 Å². The van der Waals surface area contributed by atoms with E-state index in [1.807, 2.05) is 0 Å². The van der Waals surface area contributed by atoms with Crippen LogP contribution in [0.2, 0.25) is 0 Å². The van der Waals surface area contributed by atoms with E-state index in [-0.39, 0.29) is 0 Å². The van der Waals surface area contributed by atoms with Crippen LogP contribution >= 0.6 is 0 Å². The van der Waals surface area contributed by atoms with Crippen molar-refractivity contribution in [1.29, 1.82) is 0 Å². The molecule has 0 saturated carbocycles. The Bertz CT molecular complexity index is 222. The van der Waals surface area contributed by atoms with Gasteiger partial charge in [0.05, 0.1) is 0 Å². The Balaban J connectivity index is 3.17. The van der Waals surface area contributed by atoms with Gasteiger partial charge in [-0.05, 0) is 6.07 Å². The molecule has 1 rings (SSSR count). The quantitative estimate of drug-likeness (QED) is 0.390. The predicted octanol–water partition coefficient (Wildman–Crippen LogP) is -1.31. The molecule has 0 fully saturated rings.